The van der Waals surface area contributed by atoms with Gasteiger partial charge in [0, 0.05) is 11.8 Å². The minimum Gasteiger partial charge on any atom is -0.490 e. The molecule has 0 bridgehead atoms. The molecule has 0 saturated carbocycles. The first-order chi connectivity index (χ1) is 10.2. The molecule has 4 heteroatoms. The van der Waals surface area contributed by atoms with Crippen LogP contribution in [0.1, 0.15) is 51.6 Å². The summed E-state index contributed by atoms with van der Waals surface area (Å²) < 4.78 is 11.6. The van der Waals surface area contributed by atoms with Crippen molar-refractivity contribution >= 4 is 11.8 Å². The van der Waals surface area contributed by atoms with Crippen molar-refractivity contribution in [2.75, 3.05) is 24.7 Å². The van der Waals surface area contributed by atoms with Crippen molar-refractivity contribution in [1.82, 2.24) is 0 Å². The van der Waals surface area contributed by atoms with Crippen LogP contribution in [0.2, 0.25) is 0 Å². The van der Waals surface area contributed by atoms with Crippen LogP contribution in [0.3, 0.4) is 0 Å². The molecule has 1 aromatic rings. The molecule has 3 nitrogen and oxygen atoms in total. The van der Waals surface area contributed by atoms with Gasteiger partial charge >= 0.3 is 0 Å². The van der Waals surface area contributed by atoms with E-state index in [-0.39, 0.29) is 6.04 Å². The SMILES string of the molecule is CCCOc1ccc(C(N)CSCCC)cc1OCCC. The average molecular weight is 311 g/mol. The molecule has 2 N–H and O–H groups in total. The molecule has 0 spiro atoms. The third kappa shape index (κ3) is 6.62. The van der Waals surface area contributed by atoms with Gasteiger partial charge < -0.3 is 15.2 Å². The number of nitrogens with two attached hydrogens (primary N) is 1. The zero-order chi connectivity index (χ0) is 15.5. The lowest BCUT2D eigenvalue weighted by Crippen LogP contribution is -2.14. The summed E-state index contributed by atoms with van der Waals surface area (Å²) in [6.07, 6.45) is 3.16. The normalized spacial score (nSPS) is 12.2. The van der Waals surface area contributed by atoms with E-state index in [2.05, 4.69) is 26.8 Å². The smallest absolute Gasteiger partial charge is 0.161 e. The zero-order valence-electron chi connectivity index (χ0n) is 13.6. The molecule has 0 heterocycles. The largest absolute Gasteiger partial charge is 0.490 e. The summed E-state index contributed by atoms with van der Waals surface area (Å²) in [5.41, 5.74) is 7.39. The van der Waals surface area contributed by atoms with Gasteiger partial charge in [0.05, 0.1) is 13.2 Å². The molecule has 0 aliphatic heterocycles. The van der Waals surface area contributed by atoms with E-state index in [0.29, 0.717) is 13.2 Å². The third-order valence-corrected chi connectivity index (χ3v) is 4.26. The maximum atomic E-state index is 6.27. The van der Waals surface area contributed by atoms with Crippen molar-refractivity contribution in [3.05, 3.63) is 23.8 Å². The molecule has 0 aromatic heterocycles. The number of hydrogen-bond acceptors (Lipinski definition) is 4. The maximum absolute atomic E-state index is 6.27. The second kappa shape index (κ2) is 10.8. The summed E-state index contributed by atoms with van der Waals surface area (Å²) in [5.74, 6) is 3.74. The van der Waals surface area contributed by atoms with Crippen molar-refractivity contribution in [2.45, 2.75) is 46.1 Å². The average Bonchev–Trinajstić information content (AvgIpc) is 2.51. The Morgan fingerprint density at radius 1 is 1.00 bits per heavy atom. The number of hydrogen-bond donors (Lipinski definition) is 1. The molecule has 1 atom stereocenters. The number of thioether (sulfide) groups is 1. The highest BCUT2D eigenvalue weighted by Crippen LogP contribution is 2.31. The topological polar surface area (TPSA) is 44.5 Å². The Bertz CT molecular complexity index is 398. The Labute approximate surface area is 133 Å². The highest BCUT2D eigenvalue weighted by Gasteiger charge is 2.11. The molecule has 0 fully saturated rings. The molecular formula is C17H29NO2S. The first-order valence-electron chi connectivity index (χ1n) is 7.95. The van der Waals surface area contributed by atoms with Crippen molar-refractivity contribution < 1.29 is 9.47 Å². The molecule has 0 aliphatic carbocycles. The maximum Gasteiger partial charge on any atom is 0.161 e. The van der Waals surface area contributed by atoms with Crippen molar-refractivity contribution in [2.24, 2.45) is 5.73 Å². The van der Waals surface area contributed by atoms with Crippen molar-refractivity contribution in [1.29, 1.82) is 0 Å². The molecule has 0 aliphatic rings. The number of rotatable bonds is 11. The standard InChI is InChI=1S/C17H29NO2S/c1-4-9-19-16-8-7-14(12-17(16)20-10-5-2)15(18)13-21-11-6-3/h7-8,12,15H,4-6,9-11,13,18H2,1-3H3. The number of ether oxygens (including phenoxy) is 2. The van der Waals surface area contributed by atoms with Gasteiger partial charge in [-0.1, -0.05) is 26.8 Å². The fourth-order valence-electron chi connectivity index (χ4n) is 1.86. The van der Waals surface area contributed by atoms with E-state index in [4.69, 9.17) is 15.2 Å². The summed E-state index contributed by atoms with van der Waals surface area (Å²) in [5, 5.41) is 0. The van der Waals surface area contributed by atoms with Crippen LogP contribution in [0, 0.1) is 0 Å². The predicted molar refractivity (Wildman–Crippen MR) is 92.6 cm³/mol. The summed E-state index contributed by atoms with van der Waals surface area (Å²) >= 11 is 1.90. The second-order valence-corrected chi connectivity index (χ2v) is 6.23. The molecular weight excluding hydrogens is 282 g/mol. The van der Waals surface area contributed by atoms with E-state index in [0.717, 1.165) is 41.4 Å². The molecule has 0 radical (unpaired) electrons. The summed E-state index contributed by atoms with van der Waals surface area (Å²) in [6.45, 7) is 7.80. The van der Waals surface area contributed by atoms with Crippen LogP contribution in [0.25, 0.3) is 0 Å². The molecule has 0 saturated heterocycles. The van der Waals surface area contributed by atoms with Crippen LogP contribution in [0.15, 0.2) is 18.2 Å². The lowest BCUT2D eigenvalue weighted by molar-refractivity contribution is 0.268. The molecule has 1 rings (SSSR count). The van der Waals surface area contributed by atoms with Crippen LogP contribution < -0.4 is 15.2 Å². The van der Waals surface area contributed by atoms with Gasteiger partial charge in [0.1, 0.15) is 0 Å². The van der Waals surface area contributed by atoms with Crippen LogP contribution >= 0.6 is 11.8 Å². The minimum atomic E-state index is 0.0470. The first kappa shape index (κ1) is 18.2. The van der Waals surface area contributed by atoms with Crippen LogP contribution in [-0.4, -0.2) is 24.7 Å². The summed E-state index contributed by atoms with van der Waals surface area (Å²) in [4.78, 5) is 0. The van der Waals surface area contributed by atoms with E-state index >= 15 is 0 Å². The molecule has 21 heavy (non-hydrogen) atoms. The minimum absolute atomic E-state index is 0.0470. The fourth-order valence-corrected chi connectivity index (χ4v) is 2.76. The monoisotopic (exact) mass is 311 g/mol. The van der Waals surface area contributed by atoms with E-state index in [1.54, 1.807) is 0 Å². The van der Waals surface area contributed by atoms with Crippen molar-refractivity contribution in [3.63, 3.8) is 0 Å². The van der Waals surface area contributed by atoms with Gasteiger partial charge in [0.25, 0.3) is 0 Å². The fraction of sp³-hybridized carbons (Fsp3) is 0.647. The first-order valence-corrected chi connectivity index (χ1v) is 9.11. The lowest BCUT2D eigenvalue weighted by Gasteiger charge is -2.16. The Balaban J connectivity index is 2.76. The van der Waals surface area contributed by atoms with Gasteiger partial charge in [-0.3, -0.25) is 0 Å². The quantitative estimate of drug-likeness (QED) is 0.615. The van der Waals surface area contributed by atoms with Gasteiger partial charge in [-0.2, -0.15) is 11.8 Å². The molecule has 0 amide bonds. The summed E-state index contributed by atoms with van der Waals surface area (Å²) in [6, 6.07) is 6.13. The van der Waals surface area contributed by atoms with Gasteiger partial charge in [0.15, 0.2) is 11.5 Å². The van der Waals surface area contributed by atoms with E-state index in [1.165, 1.54) is 6.42 Å². The zero-order valence-corrected chi connectivity index (χ0v) is 14.4. The lowest BCUT2D eigenvalue weighted by atomic mass is 10.1. The molecule has 1 aromatic carbocycles. The van der Waals surface area contributed by atoms with Crippen LogP contribution in [-0.2, 0) is 0 Å². The molecule has 1 unspecified atom stereocenters. The van der Waals surface area contributed by atoms with Gasteiger partial charge in [0.2, 0.25) is 0 Å². The van der Waals surface area contributed by atoms with Crippen LogP contribution in [0.4, 0.5) is 0 Å². The van der Waals surface area contributed by atoms with Gasteiger partial charge in [-0.15, -0.1) is 0 Å². The Morgan fingerprint density at radius 3 is 2.29 bits per heavy atom. The Hall–Kier alpha value is -0.870. The van der Waals surface area contributed by atoms with Crippen LogP contribution in [0.5, 0.6) is 11.5 Å². The second-order valence-electron chi connectivity index (χ2n) is 5.08. The Kier molecular flexibility index (Phi) is 9.35. The van der Waals surface area contributed by atoms with E-state index in [9.17, 15) is 0 Å². The third-order valence-electron chi connectivity index (χ3n) is 2.97. The summed E-state index contributed by atoms with van der Waals surface area (Å²) in [7, 11) is 0. The predicted octanol–water partition coefficient (Wildman–Crippen LogP) is 4.41. The van der Waals surface area contributed by atoms with Crippen molar-refractivity contribution in [3.8, 4) is 11.5 Å². The highest BCUT2D eigenvalue weighted by atomic mass is 32.2. The van der Waals surface area contributed by atoms with E-state index in [1.807, 2.05) is 23.9 Å². The Morgan fingerprint density at radius 2 is 1.67 bits per heavy atom. The van der Waals surface area contributed by atoms with Gasteiger partial charge in [-0.25, -0.2) is 0 Å². The molecule has 120 valence electrons. The highest BCUT2D eigenvalue weighted by molar-refractivity contribution is 7.99. The van der Waals surface area contributed by atoms with Gasteiger partial charge in [-0.05, 0) is 42.7 Å². The van der Waals surface area contributed by atoms with E-state index < -0.39 is 0 Å². The number of benzene rings is 1.